The van der Waals surface area contributed by atoms with Crippen molar-refractivity contribution in [1.29, 1.82) is 0 Å². The average molecular weight is 204 g/mol. The molecule has 1 unspecified atom stereocenters. The molecular weight excluding hydrogens is 192 g/mol. The Labute approximate surface area is 88.3 Å². The van der Waals surface area contributed by atoms with Crippen LogP contribution in [0.15, 0.2) is 17.7 Å². The molecule has 0 fully saturated rings. The summed E-state index contributed by atoms with van der Waals surface area (Å²) in [5.41, 5.74) is 2.28. The Morgan fingerprint density at radius 1 is 1.13 bits per heavy atom. The molecule has 0 radical (unpaired) electrons. The predicted molar refractivity (Wildman–Crippen MR) is 56.3 cm³/mol. The van der Waals surface area contributed by atoms with Gasteiger partial charge in [-0.05, 0) is 24.6 Å². The Bertz CT molecular complexity index is 448. The first-order valence-electron chi connectivity index (χ1n) is 5.04. The molecule has 0 aliphatic carbocycles. The van der Waals surface area contributed by atoms with Crippen LogP contribution in [0.3, 0.4) is 0 Å². The van der Waals surface area contributed by atoms with Crippen LogP contribution in [-0.4, -0.2) is 12.9 Å². The zero-order valence-corrected chi connectivity index (χ0v) is 8.74. The highest BCUT2D eigenvalue weighted by Crippen LogP contribution is 2.41. The maximum absolute atomic E-state index is 5.59. The van der Waals surface area contributed by atoms with Crippen molar-refractivity contribution in [3.63, 3.8) is 0 Å². The van der Waals surface area contributed by atoms with Crippen molar-refractivity contribution in [3.05, 3.63) is 23.3 Å². The zero-order valence-electron chi connectivity index (χ0n) is 8.74. The van der Waals surface area contributed by atoms with Crippen molar-refractivity contribution in [2.75, 3.05) is 6.61 Å². The van der Waals surface area contributed by atoms with E-state index < -0.39 is 0 Å². The molecule has 78 valence electrons. The topological polar surface area (TPSA) is 27.7 Å². The van der Waals surface area contributed by atoms with Gasteiger partial charge in [-0.25, -0.2) is 0 Å². The highest BCUT2D eigenvalue weighted by molar-refractivity contribution is 5.67. The average Bonchev–Trinajstić information content (AvgIpc) is 2.53. The minimum Gasteiger partial charge on any atom is -0.488 e. The first-order chi connectivity index (χ1) is 7.22. The molecule has 0 bridgehead atoms. The lowest BCUT2D eigenvalue weighted by molar-refractivity contribution is 0.0678. The Balaban J connectivity index is 2.10. The smallest absolute Gasteiger partial charge is 0.238 e. The van der Waals surface area contributed by atoms with Gasteiger partial charge in [0.15, 0.2) is 11.5 Å². The molecule has 0 N–H and O–H groups in total. The standard InChI is InChI=1S/C12H12O3/c1-7-3-9-4-11-12(15-8(2)14-11)5-10(9)13-6-7/h3-5,8H,6H2,1-2H3. The van der Waals surface area contributed by atoms with Crippen LogP contribution >= 0.6 is 0 Å². The molecule has 0 aromatic heterocycles. The fourth-order valence-electron chi connectivity index (χ4n) is 1.86. The molecule has 0 amide bonds. The van der Waals surface area contributed by atoms with Gasteiger partial charge in [-0.1, -0.05) is 0 Å². The molecule has 2 aliphatic rings. The summed E-state index contributed by atoms with van der Waals surface area (Å²) in [7, 11) is 0. The van der Waals surface area contributed by atoms with E-state index in [1.165, 1.54) is 5.57 Å². The first-order valence-corrected chi connectivity index (χ1v) is 5.04. The van der Waals surface area contributed by atoms with Crippen LogP contribution in [0.5, 0.6) is 17.2 Å². The normalized spacial score (nSPS) is 21.7. The summed E-state index contributed by atoms with van der Waals surface area (Å²) >= 11 is 0. The number of hydrogen-bond donors (Lipinski definition) is 0. The fraction of sp³-hybridized carbons (Fsp3) is 0.333. The molecule has 15 heavy (non-hydrogen) atoms. The monoisotopic (exact) mass is 204 g/mol. The lowest BCUT2D eigenvalue weighted by Crippen LogP contribution is -2.11. The van der Waals surface area contributed by atoms with E-state index in [1.807, 2.05) is 19.1 Å². The number of fused-ring (bicyclic) bond motifs is 2. The molecule has 2 aliphatic heterocycles. The van der Waals surface area contributed by atoms with Crippen molar-refractivity contribution in [2.45, 2.75) is 20.1 Å². The summed E-state index contributed by atoms with van der Waals surface area (Å²) in [6.45, 7) is 4.58. The van der Waals surface area contributed by atoms with Gasteiger partial charge in [0, 0.05) is 18.6 Å². The van der Waals surface area contributed by atoms with E-state index in [0.717, 1.165) is 22.8 Å². The first kappa shape index (κ1) is 8.65. The van der Waals surface area contributed by atoms with E-state index in [1.54, 1.807) is 0 Å². The molecule has 1 aromatic carbocycles. The molecule has 1 atom stereocenters. The summed E-state index contributed by atoms with van der Waals surface area (Å²) in [6, 6.07) is 3.87. The maximum atomic E-state index is 5.59. The van der Waals surface area contributed by atoms with Gasteiger partial charge >= 0.3 is 0 Å². The van der Waals surface area contributed by atoms with Crippen LogP contribution in [0.1, 0.15) is 19.4 Å². The molecule has 2 heterocycles. The summed E-state index contributed by atoms with van der Waals surface area (Å²) in [4.78, 5) is 0. The van der Waals surface area contributed by atoms with Crippen LogP contribution in [0.4, 0.5) is 0 Å². The van der Waals surface area contributed by atoms with Gasteiger partial charge in [-0.3, -0.25) is 0 Å². The highest BCUT2D eigenvalue weighted by atomic mass is 16.7. The van der Waals surface area contributed by atoms with E-state index in [-0.39, 0.29) is 6.29 Å². The second kappa shape index (κ2) is 2.92. The molecule has 0 saturated carbocycles. The van der Waals surface area contributed by atoms with Crippen molar-refractivity contribution in [2.24, 2.45) is 0 Å². The number of hydrogen-bond acceptors (Lipinski definition) is 3. The third-order valence-corrected chi connectivity index (χ3v) is 2.52. The van der Waals surface area contributed by atoms with Crippen LogP contribution in [-0.2, 0) is 0 Å². The summed E-state index contributed by atoms with van der Waals surface area (Å²) in [6.07, 6.45) is 1.92. The molecule has 3 heteroatoms. The van der Waals surface area contributed by atoms with Crippen LogP contribution in [0, 0.1) is 0 Å². The van der Waals surface area contributed by atoms with Gasteiger partial charge in [-0.15, -0.1) is 0 Å². The molecular formula is C12H12O3. The molecule has 0 saturated heterocycles. The van der Waals surface area contributed by atoms with Crippen molar-refractivity contribution in [3.8, 4) is 17.2 Å². The lowest BCUT2D eigenvalue weighted by Gasteiger charge is -2.15. The molecule has 0 spiro atoms. The third-order valence-electron chi connectivity index (χ3n) is 2.52. The fourth-order valence-corrected chi connectivity index (χ4v) is 1.86. The van der Waals surface area contributed by atoms with Crippen molar-refractivity contribution < 1.29 is 14.2 Å². The van der Waals surface area contributed by atoms with E-state index in [9.17, 15) is 0 Å². The SMILES string of the molecule is CC1=Cc2cc3c(cc2OC1)OC(C)O3. The van der Waals surface area contributed by atoms with Gasteiger partial charge in [0.2, 0.25) is 6.29 Å². The van der Waals surface area contributed by atoms with Crippen LogP contribution in [0.2, 0.25) is 0 Å². The van der Waals surface area contributed by atoms with Crippen LogP contribution in [0.25, 0.3) is 6.08 Å². The largest absolute Gasteiger partial charge is 0.488 e. The number of benzene rings is 1. The Kier molecular flexibility index (Phi) is 1.69. The number of rotatable bonds is 0. The van der Waals surface area contributed by atoms with Crippen LogP contribution < -0.4 is 14.2 Å². The van der Waals surface area contributed by atoms with Gasteiger partial charge in [-0.2, -0.15) is 0 Å². The van der Waals surface area contributed by atoms with Gasteiger partial charge in [0.05, 0.1) is 0 Å². The minimum atomic E-state index is -0.200. The second-order valence-corrected chi connectivity index (χ2v) is 3.92. The Hall–Kier alpha value is -1.64. The lowest BCUT2D eigenvalue weighted by atomic mass is 10.1. The molecule has 1 aromatic rings. The van der Waals surface area contributed by atoms with E-state index in [2.05, 4.69) is 13.0 Å². The Morgan fingerprint density at radius 3 is 2.67 bits per heavy atom. The van der Waals surface area contributed by atoms with Gasteiger partial charge in [0.25, 0.3) is 0 Å². The van der Waals surface area contributed by atoms with E-state index in [0.29, 0.717) is 6.61 Å². The quantitative estimate of drug-likeness (QED) is 0.650. The third kappa shape index (κ3) is 1.35. The van der Waals surface area contributed by atoms with Crippen molar-refractivity contribution in [1.82, 2.24) is 0 Å². The Morgan fingerprint density at radius 2 is 1.87 bits per heavy atom. The van der Waals surface area contributed by atoms with E-state index >= 15 is 0 Å². The van der Waals surface area contributed by atoms with Crippen molar-refractivity contribution >= 4 is 6.08 Å². The molecule has 3 nitrogen and oxygen atoms in total. The maximum Gasteiger partial charge on any atom is 0.238 e. The summed E-state index contributed by atoms with van der Waals surface area (Å²) in [5.74, 6) is 2.45. The van der Waals surface area contributed by atoms with Gasteiger partial charge in [0.1, 0.15) is 12.4 Å². The highest BCUT2D eigenvalue weighted by Gasteiger charge is 2.23. The molecule has 3 rings (SSSR count). The zero-order chi connectivity index (χ0) is 10.4. The summed E-state index contributed by atoms with van der Waals surface area (Å²) < 4.78 is 16.6. The van der Waals surface area contributed by atoms with Gasteiger partial charge < -0.3 is 14.2 Å². The second-order valence-electron chi connectivity index (χ2n) is 3.92. The minimum absolute atomic E-state index is 0.200. The summed E-state index contributed by atoms with van der Waals surface area (Å²) in [5, 5.41) is 0. The number of ether oxygens (including phenoxy) is 3. The van der Waals surface area contributed by atoms with E-state index in [4.69, 9.17) is 14.2 Å². The predicted octanol–water partition coefficient (Wildman–Crippen LogP) is 2.60.